The molecule has 4 nitrogen and oxygen atoms in total. The van der Waals surface area contributed by atoms with Crippen molar-refractivity contribution in [3.8, 4) is 0 Å². The fraction of sp³-hybridized carbons (Fsp3) is 0.111. The van der Waals surface area contributed by atoms with E-state index in [2.05, 4.69) is 31.5 Å². The maximum atomic E-state index is 11.9. The summed E-state index contributed by atoms with van der Waals surface area (Å²) in [6.45, 7) is 1.14. The third kappa shape index (κ3) is 3.87. The highest BCUT2D eigenvalue weighted by Gasteiger charge is 2.04. The fourth-order valence-corrected chi connectivity index (χ4v) is 2.74. The number of hydrogen-bond acceptors (Lipinski definition) is 3. The van der Waals surface area contributed by atoms with Crippen LogP contribution in [0.4, 0.5) is 5.82 Å². The number of rotatable bonds is 5. The Kier molecular flexibility index (Phi) is 4.88. The number of halogens is 1. The van der Waals surface area contributed by atoms with Gasteiger partial charge in [-0.2, -0.15) is 0 Å². The van der Waals surface area contributed by atoms with E-state index < -0.39 is 0 Å². The van der Waals surface area contributed by atoms with Crippen LogP contribution in [0, 0.1) is 0 Å². The van der Waals surface area contributed by atoms with Gasteiger partial charge in [-0.1, -0.05) is 30.3 Å². The van der Waals surface area contributed by atoms with Gasteiger partial charge in [-0.05, 0) is 46.3 Å². The number of hydrogen-bond donors (Lipinski definition) is 2. The van der Waals surface area contributed by atoms with E-state index in [1.807, 2.05) is 48.5 Å². The Labute approximate surface area is 143 Å². The molecule has 2 aromatic carbocycles. The highest BCUT2D eigenvalue weighted by atomic mass is 79.9. The van der Waals surface area contributed by atoms with Gasteiger partial charge in [0.2, 0.25) is 0 Å². The van der Waals surface area contributed by atoms with Crippen LogP contribution in [0.25, 0.3) is 10.9 Å². The van der Waals surface area contributed by atoms with Gasteiger partial charge in [0.25, 0.3) is 5.91 Å². The molecule has 3 aromatic rings. The van der Waals surface area contributed by atoms with Crippen LogP contribution in [0.15, 0.2) is 65.1 Å². The smallest absolute Gasteiger partial charge is 0.251 e. The maximum Gasteiger partial charge on any atom is 0.251 e. The molecule has 5 heteroatoms. The van der Waals surface area contributed by atoms with E-state index in [4.69, 9.17) is 0 Å². The van der Waals surface area contributed by atoms with Crippen molar-refractivity contribution < 1.29 is 4.79 Å². The first-order valence-electron chi connectivity index (χ1n) is 7.36. The molecule has 0 unspecified atom stereocenters. The van der Waals surface area contributed by atoms with Gasteiger partial charge in [0, 0.05) is 28.5 Å². The van der Waals surface area contributed by atoms with E-state index in [9.17, 15) is 4.79 Å². The summed E-state index contributed by atoms with van der Waals surface area (Å²) in [6, 6.07) is 19.1. The summed E-state index contributed by atoms with van der Waals surface area (Å²) >= 11 is 3.51. The lowest BCUT2D eigenvalue weighted by Gasteiger charge is -2.09. The number of benzene rings is 2. The molecule has 1 heterocycles. The van der Waals surface area contributed by atoms with Gasteiger partial charge in [-0.15, -0.1) is 0 Å². The van der Waals surface area contributed by atoms with E-state index in [1.165, 1.54) is 0 Å². The fourth-order valence-electron chi connectivity index (χ4n) is 2.27. The van der Waals surface area contributed by atoms with Gasteiger partial charge in [0.15, 0.2) is 0 Å². The van der Waals surface area contributed by atoms with Crippen molar-refractivity contribution in [1.82, 2.24) is 10.3 Å². The van der Waals surface area contributed by atoms with E-state index in [-0.39, 0.29) is 5.91 Å². The molecule has 0 saturated heterocycles. The second-order valence-corrected chi connectivity index (χ2v) is 5.91. The molecule has 0 atom stereocenters. The van der Waals surface area contributed by atoms with Gasteiger partial charge < -0.3 is 10.6 Å². The van der Waals surface area contributed by atoms with Crippen molar-refractivity contribution in [2.45, 2.75) is 0 Å². The Morgan fingerprint density at radius 1 is 0.957 bits per heavy atom. The minimum absolute atomic E-state index is 0.0679. The SMILES string of the molecule is O=C(NCCNc1ccc2cccc(Br)c2n1)c1ccccc1. The number of carbonyl (C=O) groups is 1. The number of para-hydroxylation sites is 1. The van der Waals surface area contributed by atoms with E-state index in [0.717, 1.165) is 21.2 Å². The van der Waals surface area contributed by atoms with Crippen LogP contribution in [0.1, 0.15) is 10.4 Å². The average molecular weight is 370 g/mol. The molecule has 0 radical (unpaired) electrons. The van der Waals surface area contributed by atoms with Crippen LogP contribution in [-0.4, -0.2) is 24.0 Å². The molecule has 0 bridgehead atoms. The minimum Gasteiger partial charge on any atom is -0.368 e. The third-order valence-corrected chi connectivity index (χ3v) is 4.06. The van der Waals surface area contributed by atoms with Crippen LogP contribution < -0.4 is 10.6 Å². The molecule has 0 spiro atoms. The zero-order valence-corrected chi connectivity index (χ0v) is 14.0. The van der Waals surface area contributed by atoms with E-state index in [0.29, 0.717) is 18.7 Å². The van der Waals surface area contributed by atoms with Crippen LogP contribution in [0.5, 0.6) is 0 Å². The summed E-state index contributed by atoms with van der Waals surface area (Å²) in [5.74, 6) is 0.722. The maximum absolute atomic E-state index is 11.9. The number of nitrogens with zero attached hydrogens (tertiary/aromatic N) is 1. The minimum atomic E-state index is -0.0679. The molecular weight excluding hydrogens is 354 g/mol. The topological polar surface area (TPSA) is 54.0 Å². The second-order valence-electron chi connectivity index (χ2n) is 5.06. The summed E-state index contributed by atoms with van der Waals surface area (Å²) in [4.78, 5) is 16.5. The lowest BCUT2D eigenvalue weighted by atomic mass is 10.2. The molecule has 0 aliphatic carbocycles. The van der Waals surface area contributed by atoms with Crippen LogP contribution >= 0.6 is 15.9 Å². The third-order valence-electron chi connectivity index (χ3n) is 3.42. The number of pyridine rings is 1. The van der Waals surface area contributed by atoms with Crippen molar-refractivity contribution in [2.24, 2.45) is 0 Å². The lowest BCUT2D eigenvalue weighted by molar-refractivity contribution is 0.0955. The van der Waals surface area contributed by atoms with Crippen LogP contribution in [0.3, 0.4) is 0 Å². The number of amides is 1. The standard InChI is InChI=1S/C18H16BrN3O/c19-15-8-4-7-13-9-10-16(22-17(13)15)20-11-12-21-18(23)14-5-2-1-3-6-14/h1-10H,11-12H2,(H,20,22)(H,21,23). The predicted molar refractivity (Wildman–Crippen MR) is 96.7 cm³/mol. The lowest BCUT2D eigenvalue weighted by Crippen LogP contribution is -2.28. The molecular formula is C18H16BrN3O. The molecule has 116 valence electrons. The molecule has 2 N–H and O–H groups in total. The molecule has 1 aromatic heterocycles. The summed E-state index contributed by atoms with van der Waals surface area (Å²) < 4.78 is 0.969. The van der Waals surface area contributed by atoms with Crippen molar-refractivity contribution in [1.29, 1.82) is 0 Å². The van der Waals surface area contributed by atoms with Gasteiger partial charge in [0.05, 0.1) is 5.52 Å². The Morgan fingerprint density at radius 3 is 2.61 bits per heavy atom. The quantitative estimate of drug-likeness (QED) is 0.671. The first-order valence-corrected chi connectivity index (χ1v) is 8.16. The van der Waals surface area contributed by atoms with Gasteiger partial charge in [0.1, 0.15) is 5.82 Å². The highest BCUT2D eigenvalue weighted by molar-refractivity contribution is 9.10. The second kappa shape index (κ2) is 7.24. The first kappa shape index (κ1) is 15.5. The molecule has 23 heavy (non-hydrogen) atoms. The Morgan fingerprint density at radius 2 is 1.78 bits per heavy atom. The average Bonchev–Trinajstić information content (AvgIpc) is 2.60. The van der Waals surface area contributed by atoms with Crippen molar-refractivity contribution in [2.75, 3.05) is 18.4 Å². The zero-order valence-electron chi connectivity index (χ0n) is 12.4. The molecule has 0 fully saturated rings. The molecule has 1 amide bonds. The Bertz CT molecular complexity index is 821. The van der Waals surface area contributed by atoms with Crippen molar-refractivity contribution in [3.63, 3.8) is 0 Å². The predicted octanol–water partition coefficient (Wildman–Crippen LogP) is 3.84. The largest absolute Gasteiger partial charge is 0.368 e. The monoisotopic (exact) mass is 369 g/mol. The Balaban J connectivity index is 1.55. The highest BCUT2D eigenvalue weighted by Crippen LogP contribution is 2.23. The van der Waals surface area contributed by atoms with Crippen molar-refractivity contribution >= 4 is 38.6 Å². The van der Waals surface area contributed by atoms with E-state index >= 15 is 0 Å². The normalized spacial score (nSPS) is 10.5. The van der Waals surface area contributed by atoms with E-state index in [1.54, 1.807) is 12.1 Å². The molecule has 3 rings (SSSR count). The summed E-state index contributed by atoms with van der Waals surface area (Å²) in [7, 11) is 0. The van der Waals surface area contributed by atoms with Gasteiger partial charge in [-0.3, -0.25) is 4.79 Å². The van der Waals surface area contributed by atoms with Gasteiger partial charge in [-0.25, -0.2) is 4.98 Å². The summed E-state index contributed by atoms with van der Waals surface area (Å²) in [5.41, 5.74) is 1.59. The first-order chi connectivity index (χ1) is 11.2. The van der Waals surface area contributed by atoms with Gasteiger partial charge >= 0.3 is 0 Å². The van der Waals surface area contributed by atoms with Crippen LogP contribution in [0.2, 0.25) is 0 Å². The number of fused-ring (bicyclic) bond motifs is 1. The summed E-state index contributed by atoms with van der Waals surface area (Å²) in [5, 5.41) is 7.19. The number of anilines is 1. The molecule has 0 aliphatic heterocycles. The van der Waals surface area contributed by atoms with Crippen LogP contribution in [-0.2, 0) is 0 Å². The zero-order chi connectivity index (χ0) is 16.1. The Hall–Kier alpha value is -2.40. The summed E-state index contributed by atoms with van der Waals surface area (Å²) in [6.07, 6.45) is 0. The molecule has 0 saturated carbocycles. The number of carbonyl (C=O) groups excluding carboxylic acids is 1. The van der Waals surface area contributed by atoms with Crippen molar-refractivity contribution in [3.05, 3.63) is 70.7 Å². The number of aromatic nitrogens is 1. The number of nitrogens with one attached hydrogen (secondary N) is 2. The molecule has 0 aliphatic rings.